The van der Waals surface area contributed by atoms with Gasteiger partial charge < -0.3 is 19.7 Å². The molecule has 0 spiro atoms. The largest absolute Gasteiger partial charge is 0.493 e. The number of carbonyl (C=O) groups excluding carboxylic acids is 1. The minimum absolute atomic E-state index is 0.191. The van der Waals surface area contributed by atoms with E-state index in [1.807, 2.05) is 12.1 Å². The first kappa shape index (κ1) is 22.9. The second kappa shape index (κ2) is 10.1. The van der Waals surface area contributed by atoms with E-state index in [4.69, 9.17) is 37.7 Å². The molecule has 0 bridgehead atoms. The van der Waals surface area contributed by atoms with Gasteiger partial charge in [-0.15, -0.1) is 0 Å². The zero-order chi connectivity index (χ0) is 22.7. The topological polar surface area (TPSA) is 66.9 Å². The van der Waals surface area contributed by atoms with Gasteiger partial charge in [0.05, 0.1) is 29.5 Å². The Morgan fingerprint density at radius 1 is 1.12 bits per heavy atom. The van der Waals surface area contributed by atoms with E-state index in [9.17, 15) is 4.79 Å². The average Bonchev–Trinajstić information content (AvgIpc) is 3.23. The van der Waals surface area contributed by atoms with Gasteiger partial charge in [0.25, 0.3) is 5.91 Å². The summed E-state index contributed by atoms with van der Waals surface area (Å²) in [5.41, 5.74) is 1.27. The number of nitrogens with one attached hydrogen (secondary N) is 1. The number of ether oxygens (including phenoxy) is 2. The number of carbonyl (C=O) groups is 1. The summed E-state index contributed by atoms with van der Waals surface area (Å²) < 4.78 is 12.0. The fraction of sp³-hybridized carbons (Fsp3) is 0.364. The van der Waals surface area contributed by atoms with Gasteiger partial charge in [0.15, 0.2) is 16.6 Å². The quantitative estimate of drug-likeness (QED) is 0.531. The number of thiazole rings is 1. The molecule has 10 heteroatoms. The van der Waals surface area contributed by atoms with Gasteiger partial charge in [0, 0.05) is 44.3 Å². The number of halogens is 2. The van der Waals surface area contributed by atoms with Crippen LogP contribution in [0.15, 0.2) is 30.3 Å². The molecule has 170 valence electrons. The molecule has 1 aliphatic heterocycles. The molecule has 0 atom stereocenters. The number of piperazine rings is 1. The van der Waals surface area contributed by atoms with Crippen LogP contribution in [0, 0.1) is 0 Å². The van der Waals surface area contributed by atoms with Crippen LogP contribution in [0.4, 0.5) is 5.13 Å². The average molecular weight is 495 g/mol. The van der Waals surface area contributed by atoms with E-state index < -0.39 is 0 Å². The highest BCUT2D eigenvalue weighted by Crippen LogP contribution is 2.40. The molecular weight excluding hydrogens is 471 g/mol. The molecule has 1 saturated heterocycles. The van der Waals surface area contributed by atoms with Gasteiger partial charge in [-0.25, -0.2) is 4.98 Å². The molecule has 32 heavy (non-hydrogen) atoms. The van der Waals surface area contributed by atoms with Gasteiger partial charge in [0.2, 0.25) is 0 Å². The third kappa shape index (κ3) is 4.88. The van der Waals surface area contributed by atoms with Crippen molar-refractivity contribution in [3.8, 4) is 11.5 Å². The van der Waals surface area contributed by atoms with Crippen LogP contribution in [-0.2, 0) is 0 Å². The Hall–Kier alpha value is -2.26. The molecule has 1 N–H and O–H groups in total. The lowest BCUT2D eigenvalue weighted by Gasteiger charge is -2.34. The second-order valence-electron chi connectivity index (χ2n) is 7.35. The number of hydrogen-bond acceptors (Lipinski definition) is 7. The highest BCUT2D eigenvalue weighted by molar-refractivity contribution is 7.22. The highest BCUT2D eigenvalue weighted by Gasteiger charge is 2.22. The van der Waals surface area contributed by atoms with E-state index in [1.54, 1.807) is 43.8 Å². The lowest BCUT2D eigenvalue weighted by molar-refractivity contribution is 0.0948. The van der Waals surface area contributed by atoms with E-state index in [2.05, 4.69) is 15.1 Å². The van der Waals surface area contributed by atoms with E-state index in [0.717, 1.165) is 48.1 Å². The number of anilines is 1. The van der Waals surface area contributed by atoms with E-state index >= 15 is 0 Å². The Kier molecular flexibility index (Phi) is 7.25. The number of benzene rings is 2. The second-order valence-corrected chi connectivity index (χ2v) is 9.21. The first-order valence-corrected chi connectivity index (χ1v) is 11.8. The minimum Gasteiger partial charge on any atom is -0.493 e. The number of aromatic nitrogens is 1. The summed E-state index contributed by atoms with van der Waals surface area (Å²) in [5, 5.41) is 4.78. The van der Waals surface area contributed by atoms with Crippen LogP contribution < -0.4 is 19.7 Å². The molecule has 1 fully saturated rings. The highest BCUT2D eigenvalue weighted by atomic mass is 35.5. The number of amides is 1. The summed E-state index contributed by atoms with van der Waals surface area (Å²) in [6.45, 7) is 4.86. The third-order valence-corrected chi connectivity index (χ3v) is 7.05. The monoisotopic (exact) mass is 494 g/mol. The van der Waals surface area contributed by atoms with Crippen LogP contribution in [0.3, 0.4) is 0 Å². The third-order valence-electron chi connectivity index (χ3n) is 5.42. The van der Waals surface area contributed by atoms with Crippen LogP contribution in [0.25, 0.3) is 10.2 Å². The summed E-state index contributed by atoms with van der Waals surface area (Å²) in [6.07, 6.45) is 0. The molecule has 2 heterocycles. The predicted octanol–water partition coefficient (Wildman–Crippen LogP) is 4.17. The molecule has 0 aliphatic carbocycles. The Balaban J connectivity index is 1.30. The summed E-state index contributed by atoms with van der Waals surface area (Å²) in [4.78, 5) is 21.8. The number of rotatable bonds is 7. The van der Waals surface area contributed by atoms with E-state index in [-0.39, 0.29) is 5.91 Å². The molecule has 4 rings (SSSR count). The minimum atomic E-state index is -0.191. The Morgan fingerprint density at radius 3 is 2.59 bits per heavy atom. The molecule has 1 amide bonds. The first-order valence-electron chi connectivity index (χ1n) is 10.2. The van der Waals surface area contributed by atoms with Crippen molar-refractivity contribution in [3.05, 3.63) is 45.9 Å². The molecule has 0 unspecified atom stereocenters. The molecule has 7 nitrogen and oxygen atoms in total. The fourth-order valence-corrected chi connectivity index (χ4v) is 5.20. The van der Waals surface area contributed by atoms with E-state index in [0.29, 0.717) is 33.7 Å². The van der Waals surface area contributed by atoms with Gasteiger partial charge in [-0.1, -0.05) is 34.5 Å². The maximum atomic E-state index is 12.3. The number of fused-ring (bicyclic) bond motifs is 1. The van der Waals surface area contributed by atoms with Crippen LogP contribution in [0.1, 0.15) is 10.4 Å². The molecule has 1 aliphatic rings. The molecule has 0 saturated carbocycles. The van der Waals surface area contributed by atoms with Crippen LogP contribution in [-0.4, -0.2) is 69.3 Å². The van der Waals surface area contributed by atoms with Crippen molar-refractivity contribution < 1.29 is 14.3 Å². The van der Waals surface area contributed by atoms with Crippen molar-refractivity contribution in [1.82, 2.24) is 15.2 Å². The zero-order valence-electron chi connectivity index (χ0n) is 17.9. The van der Waals surface area contributed by atoms with Crippen molar-refractivity contribution in [3.63, 3.8) is 0 Å². The van der Waals surface area contributed by atoms with Crippen molar-refractivity contribution in [2.75, 3.05) is 58.4 Å². The van der Waals surface area contributed by atoms with Gasteiger partial charge >= 0.3 is 0 Å². The molecule has 1 aromatic heterocycles. The first-order chi connectivity index (χ1) is 15.5. The summed E-state index contributed by atoms with van der Waals surface area (Å²) in [7, 11) is 3.26. The van der Waals surface area contributed by atoms with Gasteiger partial charge in [-0.2, -0.15) is 0 Å². The van der Waals surface area contributed by atoms with Crippen molar-refractivity contribution in [2.24, 2.45) is 0 Å². The number of nitrogens with zero attached hydrogens (tertiary/aromatic N) is 3. The van der Waals surface area contributed by atoms with E-state index in [1.165, 1.54) is 0 Å². The van der Waals surface area contributed by atoms with Crippen LogP contribution in [0.5, 0.6) is 11.5 Å². The zero-order valence-corrected chi connectivity index (χ0v) is 20.2. The van der Waals surface area contributed by atoms with Crippen molar-refractivity contribution in [2.45, 2.75) is 0 Å². The van der Waals surface area contributed by atoms with Gasteiger partial charge in [0.1, 0.15) is 5.52 Å². The molecule has 3 aromatic rings. The van der Waals surface area contributed by atoms with Crippen molar-refractivity contribution >= 4 is 55.8 Å². The Labute approximate surface area is 200 Å². The molecule has 2 aromatic carbocycles. The van der Waals surface area contributed by atoms with Crippen LogP contribution >= 0.6 is 34.5 Å². The summed E-state index contributed by atoms with van der Waals surface area (Å²) in [5.74, 6) is 1.16. The predicted molar refractivity (Wildman–Crippen MR) is 130 cm³/mol. The summed E-state index contributed by atoms with van der Waals surface area (Å²) >= 11 is 13.7. The lowest BCUT2D eigenvalue weighted by atomic mass is 10.2. The van der Waals surface area contributed by atoms with Gasteiger partial charge in [-0.05, 0) is 30.3 Å². The maximum Gasteiger partial charge on any atom is 0.252 e. The SMILES string of the molecule is COc1ccc2sc(N3CCN(CCNC(=O)c4ccc(Cl)cc4Cl)CC3)nc2c1OC. The number of methoxy groups -OCH3 is 2. The Morgan fingerprint density at radius 2 is 1.91 bits per heavy atom. The summed E-state index contributed by atoms with van der Waals surface area (Å²) in [6, 6.07) is 8.80. The molecule has 0 radical (unpaired) electrons. The standard InChI is InChI=1S/C22H24Cl2N4O3S/c1-30-17-5-6-18-19(20(17)31-2)26-22(32-18)28-11-9-27(10-12-28)8-7-25-21(29)15-4-3-14(23)13-16(15)24/h3-6,13H,7-12H2,1-2H3,(H,25,29). The normalized spacial score (nSPS) is 14.6. The smallest absolute Gasteiger partial charge is 0.252 e. The fourth-order valence-electron chi connectivity index (χ4n) is 3.69. The van der Waals surface area contributed by atoms with Crippen LogP contribution in [0.2, 0.25) is 10.0 Å². The lowest BCUT2D eigenvalue weighted by Crippen LogP contribution is -2.48. The Bertz CT molecular complexity index is 1120. The van der Waals surface area contributed by atoms with Gasteiger partial charge in [-0.3, -0.25) is 9.69 Å². The number of hydrogen-bond donors (Lipinski definition) is 1. The maximum absolute atomic E-state index is 12.3. The van der Waals surface area contributed by atoms with Crippen molar-refractivity contribution in [1.29, 1.82) is 0 Å². The molecular formula is C22H24Cl2N4O3S.